The molecule has 0 radical (unpaired) electrons. The number of pyridine rings is 3. The monoisotopic (exact) mass is 654 g/mol. The van der Waals surface area contributed by atoms with Crippen LogP contribution in [0.3, 0.4) is 0 Å². The first-order valence-electron chi connectivity index (χ1n) is 13.2. The minimum absolute atomic E-state index is 0.457. The number of hydrogen-bond acceptors (Lipinski definition) is 3. The van der Waals surface area contributed by atoms with Crippen molar-refractivity contribution >= 4 is 51.1 Å². The molecule has 0 bridgehead atoms. The first-order valence-corrected chi connectivity index (χ1v) is 14.7. The molecular weight excluding hydrogens is 619 g/mol. The van der Waals surface area contributed by atoms with Crippen LogP contribution in [-0.4, -0.2) is 28.2 Å². The standard InChI is InChI=1S/C11H14N2.C10H11ClN2.C10H11IN2/c1-8(2)10-7-13-6-9(3)4-5-11(13)12-10;2*1-7(2)9-6-13-5-8(11)3-4-10(13)12-9/h4-8H,1-3H3;2*3-7H,1-2H3. The van der Waals surface area contributed by atoms with Crippen molar-refractivity contribution in [3.05, 3.63) is 105 Å². The Morgan fingerprint density at radius 2 is 0.974 bits per heavy atom. The van der Waals surface area contributed by atoms with E-state index in [0.29, 0.717) is 17.8 Å². The third-order valence-electron chi connectivity index (χ3n) is 6.26. The number of fused-ring (bicyclic) bond motifs is 3. The molecule has 6 heterocycles. The highest BCUT2D eigenvalue weighted by Gasteiger charge is 2.06. The van der Waals surface area contributed by atoms with Gasteiger partial charge in [-0.15, -0.1) is 0 Å². The van der Waals surface area contributed by atoms with E-state index >= 15 is 0 Å². The number of aromatic nitrogens is 6. The number of aryl methyl sites for hydroxylation is 1. The van der Waals surface area contributed by atoms with Gasteiger partial charge in [-0.3, -0.25) is 0 Å². The molecule has 0 atom stereocenters. The Hall–Kier alpha value is -2.91. The zero-order chi connectivity index (χ0) is 28.3. The molecule has 6 rings (SSSR count). The number of imidazole rings is 3. The fourth-order valence-electron chi connectivity index (χ4n) is 3.93. The fraction of sp³-hybridized carbons (Fsp3) is 0.323. The summed E-state index contributed by atoms with van der Waals surface area (Å²) in [5.41, 5.74) is 7.70. The quantitative estimate of drug-likeness (QED) is 0.179. The summed E-state index contributed by atoms with van der Waals surface area (Å²) >= 11 is 8.16. The molecule has 6 nitrogen and oxygen atoms in total. The zero-order valence-electron chi connectivity index (χ0n) is 23.6. The van der Waals surface area contributed by atoms with E-state index in [4.69, 9.17) is 11.6 Å². The highest BCUT2D eigenvalue weighted by Crippen LogP contribution is 2.18. The lowest BCUT2D eigenvalue weighted by Crippen LogP contribution is -1.84. The predicted octanol–water partition coefficient (Wildman–Crippen LogP) is 8.94. The summed E-state index contributed by atoms with van der Waals surface area (Å²) in [7, 11) is 0. The minimum Gasteiger partial charge on any atom is -0.307 e. The molecule has 204 valence electrons. The Morgan fingerprint density at radius 1 is 0.564 bits per heavy atom. The van der Waals surface area contributed by atoms with Crippen LogP contribution in [-0.2, 0) is 0 Å². The van der Waals surface area contributed by atoms with Crippen molar-refractivity contribution < 1.29 is 0 Å². The van der Waals surface area contributed by atoms with Crippen LogP contribution in [0, 0.1) is 10.5 Å². The third-order valence-corrected chi connectivity index (χ3v) is 7.12. The summed E-state index contributed by atoms with van der Waals surface area (Å²) in [5, 5.41) is 0.736. The lowest BCUT2D eigenvalue weighted by Gasteiger charge is -1.94. The van der Waals surface area contributed by atoms with Gasteiger partial charge in [0.05, 0.1) is 22.1 Å². The van der Waals surface area contributed by atoms with Crippen molar-refractivity contribution in [3.63, 3.8) is 0 Å². The second-order valence-electron chi connectivity index (χ2n) is 10.7. The van der Waals surface area contributed by atoms with E-state index in [2.05, 4.69) is 138 Å². The van der Waals surface area contributed by atoms with Crippen LogP contribution in [0.2, 0.25) is 5.02 Å². The molecule has 8 heteroatoms. The summed E-state index contributed by atoms with van der Waals surface area (Å²) in [6, 6.07) is 12.1. The summed E-state index contributed by atoms with van der Waals surface area (Å²) in [4.78, 5) is 13.5. The lowest BCUT2D eigenvalue weighted by molar-refractivity contribution is 0.834. The Labute approximate surface area is 249 Å². The minimum atomic E-state index is 0.457. The van der Waals surface area contributed by atoms with Crippen LogP contribution in [0.15, 0.2) is 73.6 Å². The van der Waals surface area contributed by atoms with E-state index in [-0.39, 0.29) is 0 Å². The molecule has 0 aliphatic carbocycles. The molecule has 0 N–H and O–H groups in total. The largest absolute Gasteiger partial charge is 0.307 e. The molecule has 0 aliphatic heterocycles. The molecule has 0 aliphatic rings. The summed E-state index contributed by atoms with van der Waals surface area (Å²) in [5.74, 6) is 1.46. The molecule has 0 saturated heterocycles. The van der Waals surface area contributed by atoms with Gasteiger partial charge in [-0.05, 0) is 83.2 Å². The van der Waals surface area contributed by atoms with Crippen molar-refractivity contribution in [1.82, 2.24) is 28.2 Å². The van der Waals surface area contributed by atoms with Crippen molar-refractivity contribution in [1.29, 1.82) is 0 Å². The summed E-state index contributed by atoms with van der Waals surface area (Å²) < 4.78 is 7.36. The molecule has 6 aromatic rings. The van der Waals surface area contributed by atoms with E-state index in [1.54, 1.807) is 0 Å². The summed E-state index contributed by atoms with van der Waals surface area (Å²) in [6.45, 7) is 15.0. The van der Waals surface area contributed by atoms with Gasteiger partial charge in [-0.25, -0.2) is 15.0 Å². The molecule has 0 amide bonds. The first kappa shape index (κ1) is 29.1. The average Bonchev–Trinajstić information content (AvgIpc) is 3.60. The van der Waals surface area contributed by atoms with Gasteiger partial charge in [0, 0.05) is 40.8 Å². The van der Waals surface area contributed by atoms with Gasteiger partial charge in [0.15, 0.2) is 0 Å². The molecule has 0 spiro atoms. The number of nitrogens with zero attached hydrogens (tertiary/aromatic N) is 6. The van der Waals surface area contributed by atoms with Crippen molar-refractivity contribution in [2.45, 2.75) is 66.2 Å². The highest BCUT2D eigenvalue weighted by molar-refractivity contribution is 14.1. The SMILES string of the molecule is CC(C)c1cn2cc(Cl)ccc2n1.CC(C)c1cn2cc(I)ccc2n1.Cc1ccc2nc(C(C)C)cn2c1. The van der Waals surface area contributed by atoms with Crippen LogP contribution in [0.5, 0.6) is 0 Å². The second kappa shape index (κ2) is 12.5. The highest BCUT2D eigenvalue weighted by atomic mass is 127. The molecule has 0 aromatic carbocycles. The van der Waals surface area contributed by atoms with Gasteiger partial charge in [0.25, 0.3) is 0 Å². The van der Waals surface area contributed by atoms with Gasteiger partial charge in [-0.1, -0.05) is 59.2 Å². The van der Waals surface area contributed by atoms with Gasteiger partial charge in [0.2, 0.25) is 0 Å². The van der Waals surface area contributed by atoms with Gasteiger partial charge >= 0.3 is 0 Å². The van der Waals surface area contributed by atoms with E-state index in [1.807, 2.05) is 35.0 Å². The molecule has 0 fully saturated rings. The molecule has 0 saturated carbocycles. The predicted molar refractivity (Wildman–Crippen MR) is 170 cm³/mol. The van der Waals surface area contributed by atoms with E-state index in [9.17, 15) is 0 Å². The van der Waals surface area contributed by atoms with Crippen LogP contribution in [0.1, 0.15) is 81.9 Å². The molecular formula is C31H36ClIN6. The Kier molecular flexibility index (Phi) is 9.33. The van der Waals surface area contributed by atoms with E-state index < -0.39 is 0 Å². The third kappa shape index (κ3) is 7.39. The maximum Gasteiger partial charge on any atom is 0.137 e. The van der Waals surface area contributed by atoms with Crippen molar-refractivity contribution in [2.75, 3.05) is 0 Å². The van der Waals surface area contributed by atoms with Gasteiger partial charge in [0.1, 0.15) is 16.9 Å². The van der Waals surface area contributed by atoms with Crippen LogP contribution in [0.4, 0.5) is 0 Å². The molecule has 6 aromatic heterocycles. The van der Waals surface area contributed by atoms with Gasteiger partial charge in [-0.2, -0.15) is 0 Å². The second-order valence-corrected chi connectivity index (χ2v) is 12.3. The smallest absolute Gasteiger partial charge is 0.137 e. The Morgan fingerprint density at radius 3 is 1.46 bits per heavy atom. The fourth-order valence-corrected chi connectivity index (χ4v) is 4.57. The number of halogens is 2. The molecule has 0 unspecified atom stereocenters. The number of rotatable bonds is 3. The zero-order valence-corrected chi connectivity index (χ0v) is 26.5. The van der Waals surface area contributed by atoms with E-state index in [0.717, 1.165) is 39.0 Å². The van der Waals surface area contributed by atoms with Crippen LogP contribution < -0.4 is 0 Å². The van der Waals surface area contributed by atoms with Crippen molar-refractivity contribution in [2.24, 2.45) is 0 Å². The first-order chi connectivity index (χ1) is 18.5. The topological polar surface area (TPSA) is 51.9 Å². The van der Waals surface area contributed by atoms with E-state index in [1.165, 1.54) is 9.13 Å². The Bertz CT molecular complexity index is 1490. The maximum absolute atomic E-state index is 5.86. The lowest BCUT2D eigenvalue weighted by atomic mass is 10.2. The Balaban J connectivity index is 0.000000136. The normalized spacial score (nSPS) is 11.4. The maximum atomic E-state index is 5.86. The van der Waals surface area contributed by atoms with Crippen LogP contribution in [0.25, 0.3) is 16.9 Å². The summed E-state index contributed by atoms with van der Waals surface area (Å²) in [6.07, 6.45) is 12.3. The molecule has 39 heavy (non-hydrogen) atoms. The van der Waals surface area contributed by atoms with Gasteiger partial charge < -0.3 is 13.2 Å². The van der Waals surface area contributed by atoms with Crippen LogP contribution >= 0.6 is 34.2 Å². The average molecular weight is 655 g/mol. The number of hydrogen-bond donors (Lipinski definition) is 0. The van der Waals surface area contributed by atoms with Crippen molar-refractivity contribution in [3.8, 4) is 0 Å².